The van der Waals surface area contributed by atoms with Crippen LogP contribution in [0, 0.1) is 6.92 Å². The Morgan fingerprint density at radius 3 is 2.59 bits per heavy atom. The van der Waals surface area contributed by atoms with Crippen LogP contribution in [0.3, 0.4) is 0 Å². The monoisotopic (exact) mass is 317 g/mol. The van der Waals surface area contributed by atoms with Crippen LogP contribution >= 0.6 is 11.3 Å². The Kier molecular flexibility index (Phi) is 4.80. The third-order valence-electron chi connectivity index (χ3n) is 3.65. The molecule has 1 fully saturated rings. The number of aryl methyl sites for hydroxylation is 2. The number of ether oxygens (including phenoxy) is 1. The van der Waals surface area contributed by atoms with Gasteiger partial charge in [0.25, 0.3) is 0 Å². The molecule has 2 aromatic rings. The maximum absolute atomic E-state index is 5.38. The van der Waals surface area contributed by atoms with Crippen molar-refractivity contribution in [1.29, 1.82) is 0 Å². The topological polar surface area (TPSA) is 41.1 Å². The zero-order valence-electron chi connectivity index (χ0n) is 13.0. The fraction of sp³-hybridized carbons (Fsp3) is 0.438. The van der Waals surface area contributed by atoms with E-state index < -0.39 is 0 Å². The average Bonchev–Trinajstić information content (AvgIpc) is 2.94. The van der Waals surface area contributed by atoms with Crippen LogP contribution in [0.4, 0.5) is 16.5 Å². The summed E-state index contributed by atoms with van der Waals surface area (Å²) in [4.78, 5) is 3.58. The van der Waals surface area contributed by atoms with Crippen LogP contribution in [0.2, 0.25) is 0 Å². The van der Waals surface area contributed by atoms with Crippen molar-refractivity contribution in [3.05, 3.63) is 35.3 Å². The van der Waals surface area contributed by atoms with Gasteiger partial charge >= 0.3 is 5.13 Å². The molecule has 0 atom stereocenters. The molecule has 22 heavy (non-hydrogen) atoms. The van der Waals surface area contributed by atoms with E-state index in [2.05, 4.69) is 51.9 Å². The third kappa shape index (κ3) is 3.51. The zero-order chi connectivity index (χ0) is 15.4. The predicted molar refractivity (Wildman–Crippen MR) is 88.6 cm³/mol. The number of hydrogen-bond donors (Lipinski definition) is 0. The first-order valence-corrected chi connectivity index (χ1v) is 8.42. The standard InChI is InChI=1S/C16H21N4OS/c1-3-19-12-13(2)22-16(19)18-17-14-4-6-15(7-5-14)20-8-10-21-11-9-20/h4-7,12H,3,8-11H2,1-2H3/q+1. The molecule has 3 rings (SSSR count). The maximum atomic E-state index is 5.38. The highest BCUT2D eigenvalue weighted by Gasteiger charge is 2.13. The summed E-state index contributed by atoms with van der Waals surface area (Å²) in [6.45, 7) is 8.62. The minimum Gasteiger partial charge on any atom is -0.378 e. The first-order valence-electron chi connectivity index (χ1n) is 7.60. The minimum atomic E-state index is 0.802. The highest BCUT2D eigenvalue weighted by Crippen LogP contribution is 2.24. The van der Waals surface area contributed by atoms with E-state index in [9.17, 15) is 0 Å². The van der Waals surface area contributed by atoms with Crippen molar-refractivity contribution in [3.63, 3.8) is 0 Å². The van der Waals surface area contributed by atoms with Crippen molar-refractivity contribution >= 4 is 27.8 Å². The lowest BCUT2D eigenvalue weighted by Gasteiger charge is -2.28. The number of nitrogens with zero attached hydrogens (tertiary/aromatic N) is 4. The number of morpholine rings is 1. The molecule has 0 amide bonds. The largest absolute Gasteiger partial charge is 0.408 e. The summed E-state index contributed by atoms with van der Waals surface area (Å²) in [7, 11) is 0. The van der Waals surface area contributed by atoms with Crippen LogP contribution < -0.4 is 9.47 Å². The van der Waals surface area contributed by atoms with Crippen LogP contribution in [-0.4, -0.2) is 26.3 Å². The van der Waals surface area contributed by atoms with E-state index in [0.717, 1.165) is 43.7 Å². The summed E-state index contributed by atoms with van der Waals surface area (Å²) in [6, 6.07) is 8.25. The Morgan fingerprint density at radius 2 is 1.91 bits per heavy atom. The summed E-state index contributed by atoms with van der Waals surface area (Å²) in [5.74, 6) is 0. The molecule has 0 spiro atoms. The van der Waals surface area contributed by atoms with Gasteiger partial charge in [-0.05, 0) is 54.6 Å². The Hall–Kier alpha value is -1.79. The number of hydrogen-bond acceptors (Lipinski definition) is 5. The van der Waals surface area contributed by atoms with E-state index >= 15 is 0 Å². The second-order valence-electron chi connectivity index (χ2n) is 5.23. The fourth-order valence-electron chi connectivity index (χ4n) is 2.46. The molecule has 0 bridgehead atoms. The SMILES string of the molecule is CC[n+]1cc(C)sc1/N=N/c1ccc(N2CCOCC2)cc1. The van der Waals surface area contributed by atoms with Crippen molar-refractivity contribution in [1.82, 2.24) is 0 Å². The Labute approximate surface area is 134 Å². The summed E-state index contributed by atoms with van der Waals surface area (Å²) in [6.07, 6.45) is 2.11. The first-order chi connectivity index (χ1) is 10.8. The first kappa shape index (κ1) is 15.1. The third-order valence-corrected chi connectivity index (χ3v) is 4.58. The van der Waals surface area contributed by atoms with Crippen LogP contribution in [-0.2, 0) is 11.3 Å². The van der Waals surface area contributed by atoms with Crippen molar-refractivity contribution < 1.29 is 9.30 Å². The molecule has 1 aromatic heterocycles. The van der Waals surface area contributed by atoms with E-state index in [1.165, 1.54) is 10.6 Å². The van der Waals surface area contributed by atoms with Gasteiger partial charge in [-0.3, -0.25) is 0 Å². The van der Waals surface area contributed by atoms with Crippen molar-refractivity contribution in [2.45, 2.75) is 20.4 Å². The van der Waals surface area contributed by atoms with Gasteiger partial charge in [-0.25, -0.2) is 4.57 Å². The predicted octanol–water partition coefficient (Wildman–Crippen LogP) is 3.62. The van der Waals surface area contributed by atoms with Crippen LogP contribution in [0.5, 0.6) is 0 Å². The average molecular weight is 317 g/mol. The molecule has 0 N–H and O–H groups in total. The summed E-state index contributed by atoms with van der Waals surface area (Å²) < 4.78 is 7.50. The van der Waals surface area contributed by atoms with Gasteiger partial charge < -0.3 is 9.64 Å². The zero-order valence-corrected chi connectivity index (χ0v) is 13.8. The normalized spacial score (nSPS) is 15.6. The van der Waals surface area contributed by atoms with Crippen molar-refractivity contribution in [2.75, 3.05) is 31.2 Å². The van der Waals surface area contributed by atoms with E-state index in [1.807, 2.05) is 12.1 Å². The molecule has 2 heterocycles. The molecule has 0 radical (unpaired) electrons. The molecule has 0 saturated carbocycles. The quantitative estimate of drug-likeness (QED) is 0.638. The Bertz CT molecular complexity index is 645. The van der Waals surface area contributed by atoms with E-state index in [0.29, 0.717) is 0 Å². The van der Waals surface area contributed by atoms with Crippen LogP contribution in [0.25, 0.3) is 0 Å². The second-order valence-corrected chi connectivity index (χ2v) is 6.44. The number of thiazole rings is 1. The maximum Gasteiger partial charge on any atom is 0.408 e. The van der Waals surface area contributed by atoms with Crippen LogP contribution in [0.15, 0.2) is 40.7 Å². The summed E-state index contributed by atoms with van der Waals surface area (Å²) in [5.41, 5.74) is 2.10. The number of azo groups is 1. The smallest absolute Gasteiger partial charge is 0.378 e. The summed E-state index contributed by atoms with van der Waals surface area (Å²) >= 11 is 1.66. The van der Waals surface area contributed by atoms with Gasteiger partial charge in [0.05, 0.1) is 24.9 Å². The molecular formula is C16H21N4OS+. The van der Waals surface area contributed by atoms with E-state index in [1.54, 1.807) is 11.3 Å². The molecular weight excluding hydrogens is 296 g/mol. The van der Waals surface area contributed by atoms with E-state index in [-0.39, 0.29) is 0 Å². The number of benzene rings is 1. The molecule has 116 valence electrons. The highest BCUT2D eigenvalue weighted by atomic mass is 32.1. The molecule has 0 unspecified atom stereocenters. The lowest BCUT2D eigenvalue weighted by molar-refractivity contribution is -0.677. The Morgan fingerprint density at radius 1 is 1.18 bits per heavy atom. The second kappa shape index (κ2) is 6.98. The van der Waals surface area contributed by atoms with Gasteiger partial charge in [-0.15, -0.1) is 0 Å². The number of anilines is 1. The van der Waals surface area contributed by atoms with Gasteiger partial charge in [0, 0.05) is 23.7 Å². The number of aromatic nitrogens is 1. The molecule has 1 aromatic carbocycles. The highest BCUT2D eigenvalue weighted by molar-refractivity contribution is 7.14. The van der Waals surface area contributed by atoms with Gasteiger partial charge in [-0.2, -0.15) is 0 Å². The van der Waals surface area contributed by atoms with Gasteiger partial charge in [0.15, 0.2) is 0 Å². The molecule has 6 heteroatoms. The Balaban J connectivity index is 1.71. The van der Waals surface area contributed by atoms with Gasteiger partial charge in [0.1, 0.15) is 11.9 Å². The molecule has 1 aliphatic heterocycles. The molecule has 1 aliphatic rings. The van der Waals surface area contributed by atoms with E-state index in [4.69, 9.17) is 4.74 Å². The lowest BCUT2D eigenvalue weighted by Crippen LogP contribution is -2.36. The number of rotatable bonds is 4. The summed E-state index contributed by atoms with van der Waals surface area (Å²) in [5, 5.41) is 9.68. The van der Waals surface area contributed by atoms with Crippen molar-refractivity contribution in [3.8, 4) is 0 Å². The minimum absolute atomic E-state index is 0.802. The van der Waals surface area contributed by atoms with Crippen molar-refractivity contribution in [2.24, 2.45) is 10.2 Å². The molecule has 5 nitrogen and oxygen atoms in total. The van der Waals surface area contributed by atoms with Gasteiger partial charge in [0.2, 0.25) is 0 Å². The van der Waals surface area contributed by atoms with Crippen LogP contribution in [0.1, 0.15) is 11.8 Å². The molecule has 0 aliphatic carbocycles. The lowest BCUT2D eigenvalue weighted by atomic mass is 10.2. The fourth-order valence-corrected chi connectivity index (χ4v) is 3.31. The van der Waals surface area contributed by atoms with Gasteiger partial charge in [-0.1, -0.05) is 0 Å². The molecule has 1 saturated heterocycles.